The molecule has 1 aromatic carbocycles. The molecule has 0 saturated heterocycles. The molecule has 0 N–H and O–H groups in total. The molecule has 2 aromatic rings. The summed E-state index contributed by atoms with van der Waals surface area (Å²) in [5.74, 6) is 0.291. The molecule has 0 aliphatic carbocycles. The standard InChI is InChI=1S/C14H16N2O/c1-2-14(17)9-8-12-10-11-16(15-12)13-6-4-3-5-7-13/h3-7,10-11H,2,8-9H2,1H3. The number of hydrogen-bond donors (Lipinski definition) is 0. The van der Waals surface area contributed by atoms with Crippen LogP contribution < -0.4 is 0 Å². The number of hydrogen-bond acceptors (Lipinski definition) is 2. The van der Waals surface area contributed by atoms with Crippen LogP contribution >= 0.6 is 0 Å². The van der Waals surface area contributed by atoms with E-state index < -0.39 is 0 Å². The van der Waals surface area contributed by atoms with E-state index in [4.69, 9.17) is 0 Å². The SMILES string of the molecule is CCC(=O)CCc1ccn(-c2ccccc2)n1. The average Bonchev–Trinajstić information content (AvgIpc) is 2.86. The summed E-state index contributed by atoms with van der Waals surface area (Å²) in [5.41, 5.74) is 2.01. The minimum Gasteiger partial charge on any atom is -0.300 e. The van der Waals surface area contributed by atoms with Gasteiger partial charge >= 0.3 is 0 Å². The number of para-hydroxylation sites is 1. The Kier molecular flexibility index (Phi) is 3.70. The Hall–Kier alpha value is -1.90. The van der Waals surface area contributed by atoms with Crippen LogP contribution in [0.15, 0.2) is 42.6 Å². The molecule has 0 bridgehead atoms. The van der Waals surface area contributed by atoms with Gasteiger partial charge < -0.3 is 0 Å². The topological polar surface area (TPSA) is 34.9 Å². The Bertz CT molecular complexity index is 488. The lowest BCUT2D eigenvalue weighted by molar-refractivity contribution is -0.118. The second-order valence-electron chi connectivity index (χ2n) is 3.98. The summed E-state index contributed by atoms with van der Waals surface area (Å²) in [7, 11) is 0. The van der Waals surface area contributed by atoms with Gasteiger partial charge in [0.25, 0.3) is 0 Å². The van der Waals surface area contributed by atoms with Crippen LogP contribution in [0.25, 0.3) is 5.69 Å². The largest absolute Gasteiger partial charge is 0.300 e. The highest BCUT2D eigenvalue weighted by molar-refractivity contribution is 5.78. The first kappa shape index (κ1) is 11.6. The molecule has 2 rings (SSSR count). The summed E-state index contributed by atoms with van der Waals surface area (Å²) in [5, 5.41) is 4.45. The molecular weight excluding hydrogens is 212 g/mol. The maximum atomic E-state index is 11.2. The molecule has 0 aliphatic heterocycles. The zero-order chi connectivity index (χ0) is 12.1. The number of carbonyl (C=O) groups is 1. The van der Waals surface area contributed by atoms with Crippen LogP contribution in [0.1, 0.15) is 25.5 Å². The fourth-order valence-electron chi connectivity index (χ4n) is 1.66. The molecule has 3 nitrogen and oxygen atoms in total. The van der Waals surface area contributed by atoms with Gasteiger partial charge in [-0.2, -0.15) is 5.10 Å². The van der Waals surface area contributed by atoms with E-state index in [9.17, 15) is 4.79 Å². The molecule has 0 radical (unpaired) electrons. The molecule has 0 unspecified atom stereocenters. The predicted molar refractivity (Wildman–Crippen MR) is 67.2 cm³/mol. The Labute approximate surface area is 101 Å². The second-order valence-corrected chi connectivity index (χ2v) is 3.98. The van der Waals surface area contributed by atoms with E-state index in [1.54, 1.807) is 0 Å². The molecule has 3 heteroatoms. The molecule has 0 atom stereocenters. The summed E-state index contributed by atoms with van der Waals surface area (Å²) >= 11 is 0. The van der Waals surface area contributed by atoms with Crippen molar-refractivity contribution in [2.45, 2.75) is 26.2 Å². The molecule has 1 heterocycles. The molecule has 17 heavy (non-hydrogen) atoms. The fourth-order valence-corrected chi connectivity index (χ4v) is 1.66. The van der Waals surface area contributed by atoms with Gasteiger partial charge in [-0.3, -0.25) is 4.79 Å². The van der Waals surface area contributed by atoms with E-state index in [-0.39, 0.29) is 0 Å². The van der Waals surface area contributed by atoms with Gasteiger partial charge in [-0.1, -0.05) is 25.1 Å². The van der Waals surface area contributed by atoms with Crippen molar-refractivity contribution in [2.75, 3.05) is 0 Å². The second kappa shape index (κ2) is 5.43. The number of carbonyl (C=O) groups excluding carboxylic acids is 1. The molecule has 0 spiro atoms. The van der Waals surface area contributed by atoms with Gasteiger partial charge in [0.2, 0.25) is 0 Å². The number of rotatable bonds is 5. The lowest BCUT2D eigenvalue weighted by Gasteiger charge is -1.99. The van der Waals surface area contributed by atoms with Crippen molar-refractivity contribution in [3.05, 3.63) is 48.3 Å². The first-order valence-electron chi connectivity index (χ1n) is 5.91. The monoisotopic (exact) mass is 228 g/mol. The van der Waals surface area contributed by atoms with Gasteiger partial charge in [0.15, 0.2) is 0 Å². The van der Waals surface area contributed by atoms with Crippen LogP contribution in [0.3, 0.4) is 0 Å². The maximum absolute atomic E-state index is 11.2. The summed E-state index contributed by atoms with van der Waals surface area (Å²) in [6, 6.07) is 11.9. The lowest BCUT2D eigenvalue weighted by atomic mass is 10.1. The van der Waals surface area contributed by atoms with E-state index in [2.05, 4.69) is 5.10 Å². The third kappa shape index (κ3) is 3.03. The van der Waals surface area contributed by atoms with Gasteiger partial charge in [-0.25, -0.2) is 4.68 Å². The first-order valence-corrected chi connectivity index (χ1v) is 5.91. The smallest absolute Gasteiger partial charge is 0.133 e. The molecule has 88 valence electrons. The number of ketones is 1. The third-order valence-electron chi connectivity index (χ3n) is 2.72. The zero-order valence-corrected chi connectivity index (χ0v) is 9.97. The van der Waals surface area contributed by atoms with Gasteiger partial charge in [0, 0.05) is 19.0 Å². The highest BCUT2D eigenvalue weighted by atomic mass is 16.1. The predicted octanol–water partition coefficient (Wildman–Crippen LogP) is 2.78. The van der Waals surface area contributed by atoms with Crippen LogP contribution in [-0.2, 0) is 11.2 Å². The zero-order valence-electron chi connectivity index (χ0n) is 9.97. The fraction of sp³-hybridized carbons (Fsp3) is 0.286. The van der Waals surface area contributed by atoms with Crippen LogP contribution in [0.5, 0.6) is 0 Å². The number of nitrogens with zero attached hydrogens (tertiary/aromatic N) is 2. The van der Waals surface area contributed by atoms with Crippen molar-refractivity contribution in [2.24, 2.45) is 0 Å². The number of aromatic nitrogens is 2. The van der Waals surface area contributed by atoms with Crippen LogP contribution in [0.4, 0.5) is 0 Å². The molecule has 1 aromatic heterocycles. The summed E-state index contributed by atoms with van der Waals surface area (Å²) in [6.45, 7) is 1.89. The highest BCUT2D eigenvalue weighted by Gasteiger charge is 2.03. The van der Waals surface area contributed by atoms with Crippen molar-refractivity contribution in [3.8, 4) is 5.69 Å². The lowest BCUT2D eigenvalue weighted by Crippen LogP contribution is -2.00. The molecule has 0 aliphatic rings. The Morgan fingerprint density at radius 2 is 2.00 bits per heavy atom. The van der Waals surface area contributed by atoms with Crippen LogP contribution in [-0.4, -0.2) is 15.6 Å². The Balaban J connectivity index is 2.04. The van der Waals surface area contributed by atoms with Crippen molar-refractivity contribution >= 4 is 5.78 Å². The first-order chi connectivity index (χ1) is 8.29. The van der Waals surface area contributed by atoms with E-state index in [1.165, 1.54) is 0 Å². The van der Waals surface area contributed by atoms with Crippen LogP contribution in [0, 0.1) is 0 Å². The molecule has 0 saturated carbocycles. The summed E-state index contributed by atoms with van der Waals surface area (Å²) in [4.78, 5) is 11.2. The van der Waals surface area contributed by atoms with Crippen molar-refractivity contribution in [3.63, 3.8) is 0 Å². The Morgan fingerprint density at radius 1 is 1.24 bits per heavy atom. The van der Waals surface area contributed by atoms with Gasteiger partial charge in [0.1, 0.15) is 5.78 Å². The molecule has 0 fully saturated rings. The van der Waals surface area contributed by atoms with E-state index in [0.29, 0.717) is 18.6 Å². The minimum atomic E-state index is 0.291. The van der Waals surface area contributed by atoms with Gasteiger partial charge in [0.05, 0.1) is 11.4 Å². The number of benzene rings is 1. The highest BCUT2D eigenvalue weighted by Crippen LogP contribution is 2.08. The van der Waals surface area contributed by atoms with Crippen molar-refractivity contribution in [1.82, 2.24) is 9.78 Å². The summed E-state index contributed by atoms with van der Waals surface area (Å²) in [6.07, 6.45) is 3.86. The van der Waals surface area contributed by atoms with E-state index in [1.807, 2.05) is 54.2 Å². The minimum absolute atomic E-state index is 0.291. The quantitative estimate of drug-likeness (QED) is 0.788. The summed E-state index contributed by atoms with van der Waals surface area (Å²) < 4.78 is 1.84. The number of Topliss-reactive ketones (excluding diaryl/α,β-unsaturated/α-hetero) is 1. The van der Waals surface area contributed by atoms with Crippen molar-refractivity contribution in [1.29, 1.82) is 0 Å². The van der Waals surface area contributed by atoms with E-state index >= 15 is 0 Å². The van der Waals surface area contributed by atoms with Gasteiger partial charge in [-0.05, 0) is 24.6 Å². The maximum Gasteiger partial charge on any atom is 0.133 e. The average molecular weight is 228 g/mol. The molecular formula is C14H16N2O. The normalized spacial score (nSPS) is 10.4. The Morgan fingerprint density at radius 3 is 2.71 bits per heavy atom. The van der Waals surface area contributed by atoms with Crippen molar-refractivity contribution < 1.29 is 4.79 Å². The molecule has 0 amide bonds. The van der Waals surface area contributed by atoms with Crippen LogP contribution in [0.2, 0.25) is 0 Å². The van der Waals surface area contributed by atoms with Gasteiger partial charge in [-0.15, -0.1) is 0 Å². The number of aryl methyl sites for hydroxylation is 1. The van der Waals surface area contributed by atoms with E-state index in [0.717, 1.165) is 17.8 Å². The third-order valence-corrected chi connectivity index (χ3v) is 2.72.